The van der Waals surface area contributed by atoms with Gasteiger partial charge in [-0.2, -0.15) is 0 Å². The Morgan fingerprint density at radius 3 is 1.96 bits per heavy atom. The quantitative estimate of drug-likeness (QED) is 0.621. The maximum absolute atomic E-state index is 13.2. The molecule has 2 aromatic rings. The van der Waals surface area contributed by atoms with E-state index in [1.165, 1.54) is 24.3 Å². The minimum absolute atomic E-state index is 0.220. The van der Waals surface area contributed by atoms with Gasteiger partial charge in [-0.25, -0.2) is 4.39 Å². The Bertz CT molecular complexity index is 769. The number of halogens is 1. The number of hydrogen-bond donors (Lipinski definition) is 1. The fraction of sp³-hybridized carbons (Fsp3) is 0.250. The van der Waals surface area contributed by atoms with E-state index in [4.69, 9.17) is 5.73 Å². The molecule has 0 aromatic heterocycles. The monoisotopic (exact) mass is 341 g/mol. The van der Waals surface area contributed by atoms with Crippen LogP contribution in [0.1, 0.15) is 35.7 Å². The summed E-state index contributed by atoms with van der Waals surface area (Å²) in [6, 6.07) is 13.6. The van der Waals surface area contributed by atoms with Crippen LogP contribution in [0.2, 0.25) is 0 Å². The predicted molar refractivity (Wildman–Crippen MR) is 92.4 cm³/mol. The summed E-state index contributed by atoms with van der Waals surface area (Å²) in [4.78, 5) is 37.7. The van der Waals surface area contributed by atoms with Crippen LogP contribution < -0.4 is 5.73 Å². The van der Waals surface area contributed by atoms with Crippen molar-refractivity contribution in [2.24, 2.45) is 17.6 Å². The third kappa shape index (κ3) is 4.18. The van der Waals surface area contributed by atoms with Crippen LogP contribution in [-0.2, 0) is 9.59 Å². The fourth-order valence-corrected chi connectivity index (χ4v) is 2.78. The summed E-state index contributed by atoms with van der Waals surface area (Å²) in [5, 5.41) is 0. The molecular formula is C20H20FNO3. The second-order valence-electron chi connectivity index (χ2n) is 6.20. The molecule has 2 unspecified atom stereocenters. The normalized spacial score (nSPS) is 13.3. The lowest BCUT2D eigenvalue weighted by atomic mass is 9.76. The van der Waals surface area contributed by atoms with E-state index >= 15 is 0 Å². The Labute approximate surface area is 145 Å². The summed E-state index contributed by atoms with van der Waals surface area (Å²) in [5.74, 6) is -4.93. The second-order valence-corrected chi connectivity index (χ2v) is 6.20. The van der Waals surface area contributed by atoms with Gasteiger partial charge in [0.2, 0.25) is 5.91 Å². The van der Waals surface area contributed by atoms with E-state index in [0.29, 0.717) is 5.56 Å². The number of carbonyl (C=O) groups excluding carboxylic acids is 3. The Morgan fingerprint density at radius 1 is 0.920 bits per heavy atom. The molecule has 2 rings (SSSR count). The highest BCUT2D eigenvalue weighted by atomic mass is 19.1. The van der Waals surface area contributed by atoms with Gasteiger partial charge in [0.15, 0.2) is 5.78 Å². The molecule has 2 N–H and O–H groups in total. The number of carbonyl (C=O) groups is 3. The highest BCUT2D eigenvalue weighted by Crippen LogP contribution is 2.31. The summed E-state index contributed by atoms with van der Waals surface area (Å²) >= 11 is 0. The number of rotatable bonds is 7. The first kappa shape index (κ1) is 18.5. The fourth-order valence-electron chi connectivity index (χ4n) is 2.78. The Morgan fingerprint density at radius 2 is 1.48 bits per heavy atom. The maximum Gasteiger partial charge on any atom is 0.229 e. The third-order valence-corrected chi connectivity index (χ3v) is 4.09. The molecule has 0 aliphatic carbocycles. The largest absolute Gasteiger partial charge is 0.369 e. The molecular weight excluding hydrogens is 321 g/mol. The molecule has 0 radical (unpaired) electrons. The van der Waals surface area contributed by atoms with Crippen LogP contribution in [-0.4, -0.2) is 17.5 Å². The summed E-state index contributed by atoms with van der Waals surface area (Å²) < 4.78 is 13.2. The molecule has 4 nitrogen and oxygen atoms in total. The topological polar surface area (TPSA) is 77.2 Å². The van der Waals surface area contributed by atoms with Crippen LogP contribution in [0, 0.1) is 17.7 Å². The van der Waals surface area contributed by atoms with Crippen molar-refractivity contribution in [3.63, 3.8) is 0 Å². The van der Waals surface area contributed by atoms with E-state index in [1.807, 2.05) is 0 Å². The summed E-state index contributed by atoms with van der Waals surface area (Å²) in [6.07, 6.45) is 0. The first-order valence-corrected chi connectivity index (χ1v) is 8.00. The maximum atomic E-state index is 13.2. The van der Waals surface area contributed by atoms with Gasteiger partial charge >= 0.3 is 0 Å². The van der Waals surface area contributed by atoms with E-state index in [2.05, 4.69) is 0 Å². The molecule has 0 spiro atoms. The van der Waals surface area contributed by atoms with Gasteiger partial charge in [0.1, 0.15) is 17.5 Å². The van der Waals surface area contributed by atoms with Crippen LogP contribution >= 0.6 is 0 Å². The first-order chi connectivity index (χ1) is 11.8. The van der Waals surface area contributed by atoms with Crippen molar-refractivity contribution in [3.05, 3.63) is 71.5 Å². The van der Waals surface area contributed by atoms with Gasteiger partial charge in [0.25, 0.3) is 0 Å². The summed E-state index contributed by atoms with van der Waals surface area (Å²) in [5.41, 5.74) is 6.22. The second kappa shape index (κ2) is 7.83. The first-order valence-electron chi connectivity index (χ1n) is 8.00. The van der Waals surface area contributed by atoms with E-state index in [-0.39, 0.29) is 5.56 Å². The van der Waals surface area contributed by atoms with E-state index in [0.717, 1.165) is 0 Å². The zero-order chi connectivity index (χ0) is 18.6. The van der Waals surface area contributed by atoms with Gasteiger partial charge in [0.05, 0.1) is 5.92 Å². The highest BCUT2D eigenvalue weighted by Gasteiger charge is 2.40. The number of ketones is 2. The molecule has 0 aliphatic heterocycles. The molecule has 1 amide bonds. The van der Waals surface area contributed by atoms with Gasteiger partial charge in [-0.3, -0.25) is 14.4 Å². The number of nitrogens with two attached hydrogens (primary N) is 1. The van der Waals surface area contributed by atoms with Gasteiger partial charge in [-0.05, 0) is 29.8 Å². The van der Waals surface area contributed by atoms with E-state index in [1.54, 1.807) is 44.2 Å². The highest BCUT2D eigenvalue weighted by molar-refractivity contribution is 6.11. The van der Waals surface area contributed by atoms with Crippen LogP contribution in [0.4, 0.5) is 4.39 Å². The minimum Gasteiger partial charge on any atom is -0.369 e. The van der Waals surface area contributed by atoms with E-state index in [9.17, 15) is 18.8 Å². The van der Waals surface area contributed by atoms with E-state index < -0.39 is 41.0 Å². The molecule has 130 valence electrons. The molecule has 2 aromatic carbocycles. The van der Waals surface area contributed by atoms with Crippen molar-refractivity contribution >= 4 is 17.5 Å². The molecule has 0 fully saturated rings. The predicted octanol–water partition coefficient (Wildman–Crippen LogP) is 3.12. The Balaban J connectivity index is 2.56. The zero-order valence-electron chi connectivity index (χ0n) is 14.1. The van der Waals surface area contributed by atoms with Gasteiger partial charge in [0, 0.05) is 11.5 Å². The van der Waals surface area contributed by atoms with Crippen molar-refractivity contribution < 1.29 is 18.8 Å². The number of primary amides is 1. The molecule has 0 heterocycles. The summed E-state index contributed by atoms with van der Waals surface area (Å²) in [6.45, 7) is 3.31. The van der Waals surface area contributed by atoms with Gasteiger partial charge in [-0.15, -0.1) is 0 Å². The smallest absolute Gasteiger partial charge is 0.229 e. The average molecular weight is 341 g/mol. The average Bonchev–Trinajstić information content (AvgIpc) is 2.59. The molecule has 5 heteroatoms. The number of Topliss-reactive ketones (excluding diaryl/α,β-unsaturated/α-hetero) is 2. The lowest BCUT2D eigenvalue weighted by Crippen LogP contribution is -2.40. The van der Waals surface area contributed by atoms with Gasteiger partial charge in [-0.1, -0.05) is 44.2 Å². The SMILES string of the molecule is CC(C)C(=O)C(C(N)=O)C(C(=O)c1ccc(F)cc1)c1ccccc1. The van der Waals surface area contributed by atoms with Crippen molar-refractivity contribution in [3.8, 4) is 0 Å². The Kier molecular flexibility index (Phi) is 5.80. The minimum atomic E-state index is -1.28. The molecule has 0 saturated heterocycles. The summed E-state index contributed by atoms with van der Waals surface area (Å²) in [7, 11) is 0. The molecule has 25 heavy (non-hydrogen) atoms. The molecule has 2 atom stereocenters. The standard InChI is InChI=1S/C20H20FNO3/c1-12(2)18(23)17(20(22)25)16(13-6-4-3-5-7-13)19(24)14-8-10-15(21)11-9-14/h3-12,16-17H,1-2H3,(H2,22,25). The number of amides is 1. The van der Waals surface area contributed by atoms with Crippen molar-refractivity contribution in [2.45, 2.75) is 19.8 Å². The molecule has 0 bridgehead atoms. The zero-order valence-corrected chi connectivity index (χ0v) is 14.1. The van der Waals surface area contributed by atoms with Crippen LogP contribution in [0.3, 0.4) is 0 Å². The molecule has 0 aliphatic rings. The van der Waals surface area contributed by atoms with Crippen molar-refractivity contribution in [2.75, 3.05) is 0 Å². The van der Waals surface area contributed by atoms with Crippen LogP contribution in [0.15, 0.2) is 54.6 Å². The van der Waals surface area contributed by atoms with Crippen molar-refractivity contribution in [1.82, 2.24) is 0 Å². The number of benzene rings is 2. The third-order valence-electron chi connectivity index (χ3n) is 4.09. The van der Waals surface area contributed by atoms with Crippen molar-refractivity contribution in [1.29, 1.82) is 0 Å². The van der Waals surface area contributed by atoms with Crippen LogP contribution in [0.5, 0.6) is 0 Å². The van der Waals surface area contributed by atoms with Gasteiger partial charge < -0.3 is 5.73 Å². The molecule has 0 saturated carbocycles. The number of hydrogen-bond acceptors (Lipinski definition) is 3. The Hall–Kier alpha value is -2.82. The van der Waals surface area contributed by atoms with Crippen LogP contribution in [0.25, 0.3) is 0 Å². The lowest BCUT2D eigenvalue weighted by Gasteiger charge is -2.24. The lowest BCUT2D eigenvalue weighted by molar-refractivity contribution is -0.134.